The maximum atomic E-state index is 12.4. The third kappa shape index (κ3) is 2.78. The van der Waals surface area contributed by atoms with Crippen molar-refractivity contribution in [2.45, 2.75) is 19.4 Å². The molecule has 1 amide bonds. The average Bonchev–Trinajstić information content (AvgIpc) is 2.83. The van der Waals surface area contributed by atoms with E-state index in [0.29, 0.717) is 6.42 Å². The number of rotatable bonds is 2. The van der Waals surface area contributed by atoms with Crippen molar-refractivity contribution in [2.24, 2.45) is 0 Å². The van der Waals surface area contributed by atoms with Gasteiger partial charge in [-0.05, 0) is 24.6 Å². The first-order valence-electron chi connectivity index (χ1n) is 6.67. The molecule has 5 nitrogen and oxygen atoms in total. The lowest BCUT2D eigenvalue weighted by molar-refractivity contribution is -0.133. The highest BCUT2D eigenvalue weighted by atomic mass is 35.5. The zero-order chi connectivity index (χ0) is 13.2. The summed E-state index contributed by atoms with van der Waals surface area (Å²) < 4.78 is 0. The van der Waals surface area contributed by atoms with Crippen molar-refractivity contribution in [2.75, 3.05) is 19.6 Å². The van der Waals surface area contributed by atoms with E-state index in [9.17, 15) is 4.79 Å². The third-order valence-electron chi connectivity index (χ3n) is 3.70. The van der Waals surface area contributed by atoms with Crippen LogP contribution in [0.15, 0.2) is 24.5 Å². The molecule has 20 heavy (non-hydrogen) atoms. The topological polar surface area (TPSA) is 61.0 Å². The molecular weight excluding hydrogens is 276 g/mol. The van der Waals surface area contributed by atoms with Crippen LogP contribution in [0.2, 0.25) is 0 Å². The van der Waals surface area contributed by atoms with Gasteiger partial charge in [-0.1, -0.05) is 0 Å². The van der Waals surface area contributed by atoms with Crippen LogP contribution in [0.3, 0.4) is 0 Å². The maximum absolute atomic E-state index is 12.4. The largest absolute Gasteiger partial charge is 0.346 e. The highest BCUT2D eigenvalue weighted by Crippen LogP contribution is 2.17. The first-order chi connectivity index (χ1) is 9.25. The molecule has 0 aliphatic carbocycles. The molecule has 0 unspecified atom stereocenters. The van der Waals surface area contributed by atoms with E-state index >= 15 is 0 Å². The van der Waals surface area contributed by atoms with E-state index in [1.165, 1.54) is 0 Å². The van der Waals surface area contributed by atoms with Gasteiger partial charge < -0.3 is 15.2 Å². The van der Waals surface area contributed by atoms with Crippen molar-refractivity contribution < 1.29 is 4.79 Å². The first kappa shape index (κ1) is 14.8. The summed E-state index contributed by atoms with van der Waals surface area (Å²) in [5.41, 5.74) is 1.87. The molecule has 0 saturated carbocycles. The molecule has 3 heterocycles. The van der Waals surface area contributed by atoms with Gasteiger partial charge in [0.25, 0.3) is 0 Å². The highest BCUT2D eigenvalue weighted by Gasteiger charge is 2.23. The minimum atomic E-state index is 0. The molecule has 1 atom stereocenters. The highest BCUT2D eigenvalue weighted by molar-refractivity contribution is 5.87. The lowest BCUT2D eigenvalue weighted by Crippen LogP contribution is -2.52. The van der Waals surface area contributed by atoms with Crippen LogP contribution in [0.25, 0.3) is 11.0 Å². The van der Waals surface area contributed by atoms with Gasteiger partial charge in [-0.2, -0.15) is 0 Å². The van der Waals surface area contributed by atoms with Crippen LogP contribution >= 0.6 is 12.4 Å². The summed E-state index contributed by atoms with van der Waals surface area (Å²) >= 11 is 0. The predicted molar refractivity (Wildman–Crippen MR) is 81.1 cm³/mol. The molecule has 0 radical (unpaired) electrons. The van der Waals surface area contributed by atoms with Crippen molar-refractivity contribution in [1.29, 1.82) is 0 Å². The van der Waals surface area contributed by atoms with Gasteiger partial charge >= 0.3 is 0 Å². The number of aromatic amines is 1. The molecule has 0 spiro atoms. The Morgan fingerprint density at radius 3 is 3.20 bits per heavy atom. The van der Waals surface area contributed by atoms with E-state index in [1.807, 2.05) is 23.2 Å². The fourth-order valence-electron chi connectivity index (χ4n) is 2.63. The smallest absolute Gasteiger partial charge is 0.227 e. The van der Waals surface area contributed by atoms with Gasteiger partial charge in [-0.15, -0.1) is 12.4 Å². The number of nitrogens with zero attached hydrogens (tertiary/aromatic N) is 2. The van der Waals surface area contributed by atoms with Crippen LogP contribution in [-0.4, -0.2) is 46.5 Å². The Morgan fingerprint density at radius 2 is 2.40 bits per heavy atom. The molecule has 2 aromatic heterocycles. The summed E-state index contributed by atoms with van der Waals surface area (Å²) in [6.45, 7) is 4.63. The summed E-state index contributed by atoms with van der Waals surface area (Å²) in [4.78, 5) is 21.7. The minimum absolute atomic E-state index is 0. The van der Waals surface area contributed by atoms with Crippen LogP contribution in [-0.2, 0) is 11.2 Å². The predicted octanol–water partition coefficient (Wildman–Crippen LogP) is 1.35. The van der Waals surface area contributed by atoms with E-state index < -0.39 is 0 Å². The minimum Gasteiger partial charge on any atom is -0.346 e. The number of halogens is 1. The van der Waals surface area contributed by atoms with Crippen LogP contribution in [0.1, 0.15) is 12.5 Å². The van der Waals surface area contributed by atoms with Gasteiger partial charge in [0.15, 0.2) is 0 Å². The second-order valence-electron chi connectivity index (χ2n) is 5.03. The van der Waals surface area contributed by atoms with Crippen molar-refractivity contribution in [1.82, 2.24) is 20.2 Å². The number of aromatic nitrogens is 2. The number of hydrogen-bond donors (Lipinski definition) is 2. The zero-order valence-electron chi connectivity index (χ0n) is 11.4. The fraction of sp³-hybridized carbons (Fsp3) is 0.429. The van der Waals surface area contributed by atoms with E-state index in [2.05, 4.69) is 22.2 Å². The van der Waals surface area contributed by atoms with Crippen LogP contribution in [0, 0.1) is 0 Å². The lowest BCUT2D eigenvalue weighted by atomic mass is 10.1. The SMILES string of the molecule is C[C@@H]1CNCCN1C(=O)Cc1c[nH]c2ncccc12.Cl. The Bertz CT molecular complexity index is 598. The molecule has 1 aliphatic heterocycles. The molecular formula is C14H19ClN4O. The number of pyridine rings is 1. The molecule has 108 valence electrons. The molecule has 2 aromatic rings. The second-order valence-corrected chi connectivity index (χ2v) is 5.03. The Balaban J connectivity index is 0.00000147. The van der Waals surface area contributed by atoms with Crippen molar-refractivity contribution in [3.8, 4) is 0 Å². The number of carbonyl (C=O) groups is 1. The van der Waals surface area contributed by atoms with E-state index in [-0.39, 0.29) is 24.4 Å². The molecule has 1 aliphatic rings. The molecule has 2 N–H and O–H groups in total. The zero-order valence-corrected chi connectivity index (χ0v) is 12.2. The summed E-state index contributed by atoms with van der Waals surface area (Å²) in [5.74, 6) is 0.193. The van der Waals surface area contributed by atoms with Gasteiger partial charge in [0.05, 0.1) is 6.42 Å². The van der Waals surface area contributed by atoms with Gasteiger partial charge in [0.2, 0.25) is 5.91 Å². The number of fused-ring (bicyclic) bond motifs is 1. The average molecular weight is 295 g/mol. The molecule has 1 saturated heterocycles. The summed E-state index contributed by atoms with van der Waals surface area (Å²) in [7, 11) is 0. The number of amides is 1. The number of H-pyrrole nitrogens is 1. The molecule has 0 aromatic carbocycles. The normalized spacial score (nSPS) is 18.9. The summed E-state index contributed by atoms with van der Waals surface area (Å²) in [6, 6.07) is 4.17. The van der Waals surface area contributed by atoms with Gasteiger partial charge in [-0.25, -0.2) is 4.98 Å². The van der Waals surface area contributed by atoms with E-state index in [4.69, 9.17) is 0 Å². The van der Waals surface area contributed by atoms with Gasteiger partial charge in [-0.3, -0.25) is 4.79 Å². The van der Waals surface area contributed by atoms with Crippen molar-refractivity contribution >= 4 is 29.3 Å². The van der Waals surface area contributed by atoms with Crippen LogP contribution < -0.4 is 5.32 Å². The lowest BCUT2D eigenvalue weighted by Gasteiger charge is -2.34. The van der Waals surface area contributed by atoms with Gasteiger partial charge in [0.1, 0.15) is 5.65 Å². The van der Waals surface area contributed by atoms with Gasteiger partial charge in [0, 0.05) is 43.5 Å². The van der Waals surface area contributed by atoms with E-state index in [0.717, 1.165) is 36.2 Å². The quantitative estimate of drug-likeness (QED) is 0.879. The molecule has 3 rings (SSSR count). The summed E-state index contributed by atoms with van der Waals surface area (Å²) in [6.07, 6.45) is 4.08. The number of nitrogens with one attached hydrogen (secondary N) is 2. The van der Waals surface area contributed by atoms with Crippen molar-refractivity contribution in [3.05, 3.63) is 30.1 Å². The van der Waals surface area contributed by atoms with E-state index in [1.54, 1.807) is 6.20 Å². The Morgan fingerprint density at radius 1 is 1.55 bits per heavy atom. The molecule has 1 fully saturated rings. The number of carbonyl (C=O) groups excluding carboxylic acids is 1. The Kier molecular flexibility index (Phi) is 4.62. The number of hydrogen-bond acceptors (Lipinski definition) is 3. The Labute approximate surface area is 124 Å². The monoisotopic (exact) mass is 294 g/mol. The molecule has 6 heteroatoms. The first-order valence-corrected chi connectivity index (χ1v) is 6.67. The second kappa shape index (κ2) is 6.24. The Hall–Kier alpha value is -1.59. The molecule has 0 bridgehead atoms. The standard InChI is InChI=1S/C14H18N4O.ClH/c1-10-8-15-5-6-18(10)13(19)7-11-9-17-14-12(11)3-2-4-16-14;/h2-4,9-10,15H,5-8H2,1H3,(H,16,17);1H/t10-;/m1./s1. The third-order valence-corrected chi connectivity index (χ3v) is 3.70. The van der Waals surface area contributed by atoms with Crippen LogP contribution in [0.4, 0.5) is 0 Å². The maximum Gasteiger partial charge on any atom is 0.227 e. The van der Waals surface area contributed by atoms with Crippen molar-refractivity contribution in [3.63, 3.8) is 0 Å². The summed E-state index contributed by atoms with van der Waals surface area (Å²) in [5, 5.41) is 4.34. The fourth-order valence-corrected chi connectivity index (χ4v) is 2.63. The van der Waals surface area contributed by atoms with Crippen LogP contribution in [0.5, 0.6) is 0 Å². The number of piperazine rings is 1.